The zero-order valence-electron chi connectivity index (χ0n) is 14.6. The summed E-state index contributed by atoms with van der Waals surface area (Å²) in [5.74, 6) is -0.0119. The van der Waals surface area contributed by atoms with Gasteiger partial charge in [-0.1, -0.05) is 44.4 Å². The summed E-state index contributed by atoms with van der Waals surface area (Å²) in [6.45, 7) is 2.18. The molecule has 0 aliphatic heterocycles. The van der Waals surface area contributed by atoms with Crippen LogP contribution in [0.1, 0.15) is 39.0 Å². The molecule has 1 unspecified atom stereocenters. The maximum absolute atomic E-state index is 12.7. The predicted molar refractivity (Wildman–Crippen MR) is 91.7 cm³/mol. The van der Waals surface area contributed by atoms with Gasteiger partial charge in [0.25, 0.3) is 5.91 Å². The van der Waals surface area contributed by atoms with Crippen molar-refractivity contribution >= 4 is 11.9 Å². The Morgan fingerprint density at radius 1 is 1.17 bits per heavy atom. The highest BCUT2D eigenvalue weighted by atomic mass is 16.5. The van der Waals surface area contributed by atoms with E-state index in [-0.39, 0.29) is 30.4 Å². The number of ether oxygens (including phenoxy) is 2. The third-order valence-corrected chi connectivity index (χ3v) is 4.52. The van der Waals surface area contributed by atoms with Crippen molar-refractivity contribution in [2.24, 2.45) is 5.92 Å². The van der Waals surface area contributed by atoms with Crippen molar-refractivity contribution in [2.45, 2.75) is 45.1 Å². The molecule has 1 amide bonds. The molecule has 5 nitrogen and oxygen atoms in total. The standard InChI is InChI=1S/C19H27NO4/c1-15(19(22)23-2)13-20(16-9-5-3-6-10-16)18(21)14-24-17-11-7-4-8-12-17/h4,7-8,11-12,15-16H,3,5-6,9-10,13-14H2,1-2H3. The first kappa shape index (κ1) is 18.3. The molecular weight excluding hydrogens is 306 g/mol. The first-order valence-corrected chi connectivity index (χ1v) is 8.67. The van der Waals surface area contributed by atoms with Gasteiger partial charge in [-0.15, -0.1) is 0 Å². The largest absolute Gasteiger partial charge is 0.484 e. The number of amides is 1. The van der Waals surface area contributed by atoms with Crippen molar-refractivity contribution in [3.05, 3.63) is 30.3 Å². The van der Waals surface area contributed by atoms with E-state index < -0.39 is 0 Å². The Bertz CT molecular complexity index is 525. The molecule has 1 fully saturated rings. The average Bonchev–Trinajstić information content (AvgIpc) is 2.64. The molecule has 2 rings (SSSR count). The van der Waals surface area contributed by atoms with E-state index in [1.807, 2.05) is 35.2 Å². The summed E-state index contributed by atoms with van der Waals surface area (Å²) < 4.78 is 10.4. The predicted octanol–water partition coefficient (Wildman–Crippen LogP) is 3.04. The number of para-hydroxylation sites is 1. The fraction of sp³-hybridized carbons (Fsp3) is 0.579. The first-order chi connectivity index (χ1) is 11.6. The fourth-order valence-electron chi connectivity index (χ4n) is 3.16. The normalized spacial score (nSPS) is 16.2. The summed E-state index contributed by atoms with van der Waals surface area (Å²) in [6.07, 6.45) is 5.45. The quantitative estimate of drug-likeness (QED) is 0.720. The van der Waals surface area contributed by atoms with Crippen LogP contribution in [0, 0.1) is 5.92 Å². The van der Waals surface area contributed by atoms with Crippen LogP contribution in [0.25, 0.3) is 0 Å². The number of carbonyl (C=O) groups is 2. The maximum atomic E-state index is 12.7. The van der Waals surface area contributed by atoms with E-state index in [1.54, 1.807) is 6.92 Å². The third kappa shape index (κ3) is 5.25. The topological polar surface area (TPSA) is 55.8 Å². The molecule has 1 aliphatic carbocycles. The van der Waals surface area contributed by atoms with Crippen molar-refractivity contribution in [1.29, 1.82) is 0 Å². The minimum Gasteiger partial charge on any atom is -0.484 e. The Kier molecular flexibility index (Phi) is 7.09. The van der Waals surface area contributed by atoms with Crippen molar-refractivity contribution in [2.75, 3.05) is 20.3 Å². The molecule has 0 saturated heterocycles. The van der Waals surface area contributed by atoms with Gasteiger partial charge in [-0.2, -0.15) is 0 Å². The molecule has 0 radical (unpaired) electrons. The maximum Gasteiger partial charge on any atom is 0.310 e. The minimum absolute atomic E-state index is 0.00555. The van der Waals surface area contributed by atoms with Crippen LogP contribution in [-0.4, -0.2) is 43.1 Å². The Morgan fingerprint density at radius 3 is 2.46 bits per heavy atom. The number of hydrogen-bond donors (Lipinski definition) is 0. The van der Waals surface area contributed by atoms with Crippen LogP contribution in [0.3, 0.4) is 0 Å². The van der Waals surface area contributed by atoms with Crippen LogP contribution in [0.15, 0.2) is 30.3 Å². The van der Waals surface area contributed by atoms with Crippen LogP contribution in [0.4, 0.5) is 0 Å². The molecule has 1 atom stereocenters. The summed E-state index contributed by atoms with van der Waals surface area (Å²) in [5.41, 5.74) is 0. The van der Waals surface area contributed by atoms with E-state index >= 15 is 0 Å². The SMILES string of the molecule is COC(=O)C(C)CN(C(=O)COc1ccccc1)C1CCCCC1. The van der Waals surface area contributed by atoms with E-state index in [0.717, 1.165) is 25.7 Å². The zero-order valence-corrected chi connectivity index (χ0v) is 14.6. The van der Waals surface area contributed by atoms with Gasteiger partial charge in [-0.25, -0.2) is 0 Å². The Morgan fingerprint density at radius 2 is 1.83 bits per heavy atom. The van der Waals surface area contributed by atoms with E-state index in [9.17, 15) is 9.59 Å². The fourth-order valence-corrected chi connectivity index (χ4v) is 3.16. The molecule has 0 bridgehead atoms. The molecule has 0 heterocycles. The lowest BCUT2D eigenvalue weighted by atomic mass is 9.93. The van der Waals surface area contributed by atoms with Gasteiger partial charge in [-0.05, 0) is 25.0 Å². The van der Waals surface area contributed by atoms with Gasteiger partial charge in [-0.3, -0.25) is 9.59 Å². The lowest BCUT2D eigenvalue weighted by molar-refractivity contribution is -0.147. The monoisotopic (exact) mass is 333 g/mol. The molecule has 1 aromatic rings. The van der Waals surface area contributed by atoms with Crippen LogP contribution in [-0.2, 0) is 14.3 Å². The van der Waals surface area contributed by atoms with Gasteiger partial charge in [0.15, 0.2) is 6.61 Å². The highest BCUT2D eigenvalue weighted by molar-refractivity contribution is 5.79. The number of benzene rings is 1. The summed E-state index contributed by atoms with van der Waals surface area (Å²) in [6, 6.07) is 9.50. The van der Waals surface area contributed by atoms with Gasteiger partial charge in [0.05, 0.1) is 13.0 Å². The second-order valence-corrected chi connectivity index (χ2v) is 6.36. The third-order valence-electron chi connectivity index (χ3n) is 4.52. The summed E-state index contributed by atoms with van der Waals surface area (Å²) in [7, 11) is 1.38. The number of carbonyl (C=O) groups excluding carboxylic acids is 2. The summed E-state index contributed by atoms with van der Waals surface area (Å²) in [4.78, 5) is 26.3. The number of esters is 1. The second kappa shape index (κ2) is 9.30. The van der Waals surface area contributed by atoms with Crippen LogP contribution < -0.4 is 4.74 Å². The number of rotatable bonds is 7. The van der Waals surface area contributed by atoms with Crippen LogP contribution in [0.5, 0.6) is 5.75 Å². The molecular formula is C19H27NO4. The van der Waals surface area contributed by atoms with Crippen molar-refractivity contribution < 1.29 is 19.1 Å². The zero-order chi connectivity index (χ0) is 17.4. The Labute approximate surface area is 143 Å². The first-order valence-electron chi connectivity index (χ1n) is 8.67. The van der Waals surface area contributed by atoms with E-state index in [4.69, 9.17) is 9.47 Å². The lowest BCUT2D eigenvalue weighted by Crippen LogP contribution is -2.47. The molecule has 132 valence electrons. The molecule has 24 heavy (non-hydrogen) atoms. The van der Waals surface area contributed by atoms with Crippen molar-refractivity contribution in [3.63, 3.8) is 0 Å². The van der Waals surface area contributed by atoms with Crippen molar-refractivity contribution in [1.82, 2.24) is 4.90 Å². The molecule has 1 saturated carbocycles. The Hall–Kier alpha value is -2.04. The average molecular weight is 333 g/mol. The molecule has 1 aliphatic rings. The second-order valence-electron chi connectivity index (χ2n) is 6.36. The summed E-state index contributed by atoms with van der Waals surface area (Å²) >= 11 is 0. The number of hydrogen-bond acceptors (Lipinski definition) is 4. The molecule has 0 spiro atoms. The Balaban J connectivity index is 2.00. The highest BCUT2D eigenvalue weighted by Crippen LogP contribution is 2.24. The smallest absolute Gasteiger partial charge is 0.310 e. The molecule has 5 heteroatoms. The van der Waals surface area contributed by atoms with Gasteiger partial charge in [0.2, 0.25) is 0 Å². The van der Waals surface area contributed by atoms with E-state index in [2.05, 4.69) is 0 Å². The van der Waals surface area contributed by atoms with Gasteiger partial charge in [0.1, 0.15) is 5.75 Å². The molecule has 1 aromatic carbocycles. The lowest BCUT2D eigenvalue weighted by Gasteiger charge is -2.35. The summed E-state index contributed by atoms with van der Waals surface area (Å²) in [5, 5.41) is 0. The minimum atomic E-state index is -0.336. The van der Waals surface area contributed by atoms with Crippen LogP contribution >= 0.6 is 0 Å². The van der Waals surface area contributed by atoms with E-state index in [0.29, 0.717) is 12.3 Å². The van der Waals surface area contributed by atoms with Gasteiger partial charge < -0.3 is 14.4 Å². The molecule has 0 N–H and O–H groups in total. The number of methoxy groups -OCH3 is 1. The van der Waals surface area contributed by atoms with Gasteiger partial charge in [0, 0.05) is 12.6 Å². The molecule has 0 aromatic heterocycles. The highest BCUT2D eigenvalue weighted by Gasteiger charge is 2.29. The van der Waals surface area contributed by atoms with Gasteiger partial charge >= 0.3 is 5.97 Å². The van der Waals surface area contributed by atoms with Crippen LogP contribution in [0.2, 0.25) is 0 Å². The van der Waals surface area contributed by atoms with E-state index in [1.165, 1.54) is 13.5 Å². The van der Waals surface area contributed by atoms with Crippen molar-refractivity contribution in [3.8, 4) is 5.75 Å². The number of nitrogens with zero attached hydrogens (tertiary/aromatic N) is 1.